The lowest BCUT2D eigenvalue weighted by atomic mass is 9.97. The number of methoxy groups -OCH3 is 1. The van der Waals surface area contributed by atoms with Crippen molar-refractivity contribution in [1.29, 1.82) is 0 Å². The van der Waals surface area contributed by atoms with E-state index in [9.17, 15) is 4.79 Å². The van der Waals surface area contributed by atoms with E-state index in [0.29, 0.717) is 19.5 Å². The average molecular weight is 287 g/mol. The van der Waals surface area contributed by atoms with Crippen molar-refractivity contribution in [3.05, 3.63) is 29.8 Å². The zero-order chi connectivity index (χ0) is 13.4. The number of hydrogen-bond donors (Lipinski definition) is 2. The fourth-order valence-electron chi connectivity index (χ4n) is 1.73. The van der Waals surface area contributed by atoms with E-state index < -0.39 is 0 Å². The fraction of sp³-hybridized carbons (Fsp3) is 0.500. The van der Waals surface area contributed by atoms with Crippen LogP contribution in [0.1, 0.15) is 31.2 Å². The predicted octanol–water partition coefficient (Wildman–Crippen LogP) is 2.08. The number of ether oxygens (including phenoxy) is 1. The summed E-state index contributed by atoms with van der Waals surface area (Å²) < 4.78 is 5.10. The molecule has 0 fully saturated rings. The molecule has 0 aromatic heterocycles. The molecule has 0 bridgehead atoms. The van der Waals surface area contributed by atoms with E-state index in [1.807, 2.05) is 31.2 Å². The maximum atomic E-state index is 11.6. The van der Waals surface area contributed by atoms with Gasteiger partial charge in [0.05, 0.1) is 7.11 Å². The number of hydrogen-bond acceptors (Lipinski definition) is 3. The predicted molar refractivity (Wildman–Crippen MR) is 80.0 cm³/mol. The number of nitrogens with one attached hydrogen (secondary N) is 1. The lowest BCUT2D eigenvalue weighted by Crippen LogP contribution is -2.26. The SMILES string of the molecule is COc1ccc(C(C)CC(=O)NCCCN)cc1.Cl. The van der Waals surface area contributed by atoms with Crippen LogP contribution in [-0.4, -0.2) is 26.1 Å². The molecule has 0 aliphatic rings. The van der Waals surface area contributed by atoms with Crippen LogP contribution in [0.25, 0.3) is 0 Å². The molecule has 0 spiro atoms. The van der Waals surface area contributed by atoms with Crippen LogP contribution in [0.3, 0.4) is 0 Å². The first-order chi connectivity index (χ1) is 8.67. The zero-order valence-electron chi connectivity index (χ0n) is 11.5. The highest BCUT2D eigenvalue weighted by molar-refractivity contribution is 5.85. The Morgan fingerprint density at radius 3 is 2.53 bits per heavy atom. The van der Waals surface area contributed by atoms with Crippen LogP contribution in [0.4, 0.5) is 0 Å². The van der Waals surface area contributed by atoms with Gasteiger partial charge in [-0.15, -0.1) is 12.4 Å². The molecule has 0 heterocycles. The number of carbonyl (C=O) groups is 1. The van der Waals surface area contributed by atoms with Gasteiger partial charge in [-0.3, -0.25) is 4.79 Å². The Kier molecular flexibility index (Phi) is 9.00. The van der Waals surface area contributed by atoms with Crippen molar-refractivity contribution in [3.8, 4) is 5.75 Å². The largest absolute Gasteiger partial charge is 0.497 e. The standard InChI is InChI=1S/C14H22N2O2.ClH/c1-11(10-14(17)16-9-3-8-15)12-4-6-13(18-2)7-5-12;/h4-7,11H,3,8-10,15H2,1-2H3,(H,16,17);1H. The third kappa shape index (κ3) is 6.45. The summed E-state index contributed by atoms with van der Waals surface area (Å²) in [7, 11) is 1.64. The summed E-state index contributed by atoms with van der Waals surface area (Å²) >= 11 is 0. The molecule has 19 heavy (non-hydrogen) atoms. The van der Waals surface area contributed by atoms with Gasteiger partial charge >= 0.3 is 0 Å². The van der Waals surface area contributed by atoms with E-state index in [-0.39, 0.29) is 24.2 Å². The number of halogens is 1. The van der Waals surface area contributed by atoms with Gasteiger partial charge in [0.1, 0.15) is 5.75 Å². The molecule has 1 rings (SSSR count). The van der Waals surface area contributed by atoms with Gasteiger partial charge in [-0.25, -0.2) is 0 Å². The Balaban J connectivity index is 0.00000324. The summed E-state index contributed by atoms with van der Waals surface area (Å²) in [6.45, 7) is 3.31. The van der Waals surface area contributed by atoms with Crippen molar-refractivity contribution < 1.29 is 9.53 Å². The quantitative estimate of drug-likeness (QED) is 0.754. The Hall–Kier alpha value is -1.26. The maximum absolute atomic E-state index is 11.6. The minimum absolute atomic E-state index is 0. The summed E-state index contributed by atoms with van der Waals surface area (Å²) in [6.07, 6.45) is 1.32. The van der Waals surface area contributed by atoms with Gasteiger partial charge in [-0.1, -0.05) is 19.1 Å². The molecule has 3 N–H and O–H groups in total. The maximum Gasteiger partial charge on any atom is 0.220 e. The summed E-state index contributed by atoms with van der Waals surface area (Å²) in [5.41, 5.74) is 6.51. The Labute approximate surface area is 121 Å². The van der Waals surface area contributed by atoms with E-state index in [0.717, 1.165) is 17.7 Å². The van der Waals surface area contributed by atoms with E-state index >= 15 is 0 Å². The molecule has 0 saturated heterocycles. The smallest absolute Gasteiger partial charge is 0.220 e. The number of carbonyl (C=O) groups excluding carboxylic acids is 1. The van der Waals surface area contributed by atoms with Gasteiger partial charge in [-0.05, 0) is 36.6 Å². The molecule has 0 aliphatic carbocycles. The van der Waals surface area contributed by atoms with Crippen molar-refractivity contribution in [2.24, 2.45) is 5.73 Å². The molecule has 0 saturated carbocycles. The highest BCUT2D eigenvalue weighted by atomic mass is 35.5. The minimum atomic E-state index is 0. The Morgan fingerprint density at radius 2 is 2.00 bits per heavy atom. The van der Waals surface area contributed by atoms with Crippen molar-refractivity contribution >= 4 is 18.3 Å². The van der Waals surface area contributed by atoms with Gasteiger partial charge < -0.3 is 15.8 Å². The van der Waals surface area contributed by atoms with E-state index in [4.69, 9.17) is 10.5 Å². The van der Waals surface area contributed by atoms with Gasteiger partial charge in [0.2, 0.25) is 5.91 Å². The van der Waals surface area contributed by atoms with Gasteiger partial charge in [0, 0.05) is 13.0 Å². The molecule has 0 aliphatic heterocycles. The summed E-state index contributed by atoms with van der Waals surface area (Å²) in [6, 6.07) is 7.82. The summed E-state index contributed by atoms with van der Waals surface area (Å²) in [5, 5.41) is 2.86. The van der Waals surface area contributed by atoms with E-state index in [1.165, 1.54) is 0 Å². The molecule has 4 nitrogen and oxygen atoms in total. The summed E-state index contributed by atoms with van der Waals surface area (Å²) in [4.78, 5) is 11.6. The summed E-state index contributed by atoms with van der Waals surface area (Å²) in [5.74, 6) is 1.11. The van der Waals surface area contributed by atoms with Gasteiger partial charge in [-0.2, -0.15) is 0 Å². The molecular formula is C14H23ClN2O2. The lowest BCUT2D eigenvalue weighted by Gasteiger charge is -2.12. The second-order valence-electron chi connectivity index (χ2n) is 4.37. The molecular weight excluding hydrogens is 264 g/mol. The number of amides is 1. The number of rotatable bonds is 7. The van der Waals surface area contributed by atoms with Crippen LogP contribution >= 0.6 is 12.4 Å². The van der Waals surface area contributed by atoms with Crippen molar-refractivity contribution in [2.75, 3.05) is 20.2 Å². The first kappa shape index (κ1) is 17.7. The van der Waals surface area contributed by atoms with Crippen LogP contribution < -0.4 is 15.8 Å². The zero-order valence-corrected chi connectivity index (χ0v) is 12.3. The highest BCUT2D eigenvalue weighted by Crippen LogP contribution is 2.21. The average Bonchev–Trinajstić information content (AvgIpc) is 2.39. The second-order valence-corrected chi connectivity index (χ2v) is 4.37. The van der Waals surface area contributed by atoms with Crippen LogP contribution in [0.15, 0.2) is 24.3 Å². The lowest BCUT2D eigenvalue weighted by molar-refractivity contribution is -0.121. The number of nitrogens with two attached hydrogens (primary N) is 1. The molecule has 1 atom stereocenters. The molecule has 5 heteroatoms. The molecule has 1 unspecified atom stereocenters. The molecule has 1 aromatic rings. The van der Waals surface area contributed by atoms with E-state index in [2.05, 4.69) is 5.32 Å². The molecule has 1 aromatic carbocycles. The Bertz CT molecular complexity index is 368. The monoisotopic (exact) mass is 286 g/mol. The third-order valence-corrected chi connectivity index (χ3v) is 2.88. The van der Waals surface area contributed by atoms with Crippen LogP contribution in [0.5, 0.6) is 5.75 Å². The molecule has 108 valence electrons. The van der Waals surface area contributed by atoms with Crippen LogP contribution in [0, 0.1) is 0 Å². The van der Waals surface area contributed by atoms with Gasteiger partial charge in [0.15, 0.2) is 0 Å². The van der Waals surface area contributed by atoms with E-state index in [1.54, 1.807) is 7.11 Å². The van der Waals surface area contributed by atoms with Gasteiger partial charge in [0.25, 0.3) is 0 Å². The van der Waals surface area contributed by atoms with Crippen LogP contribution in [-0.2, 0) is 4.79 Å². The highest BCUT2D eigenvalue weighted by Gasteiger charge is 2.10. The first-order valence-electron chi connectivity index (χ1n) is 6.28. The normalized spacial score (nSPS) is 11.3. The second kappa shape index (κ2) is 9.64. The molecule has 1 amide bonds. The van der Waals surface area contributed by atoms with Crippen molar-refractivity contribution in [2.45, 2.75) is 25.7 Å². The third-order valence-electron chi connectivity index (χ3n) is 2.88. The number of benzene rings is 1. The van der Waals surface area contributed by atoms with Crippen LogP contribution in [0.2, 0.25) is 0 Å². The Morgan fingerprint density at radius 1 is 1.37 bits per heavy atom. The topological polar surface area (TPSA) is 64.3 Å². The minimum Gasteiger partial charge on any atom is -0.497 e. The van der Waals surface area contributed by atoms with Crippen molar-refractivity contribution in [1.82, 2.24) is 5.32 Å². The van der Waals surface area contributed by atoms with Crippen molar-refractivity contribution in [3.63, 3.8) is 0 Å². The molecule has 0 radical (unpaired) electrons. The fourth-order valence-corrected chi connectivity index (χ4v) is 1.73. The first-order valence-corrected chi connectivity index (χ1v) is 6.28.